The zero-order chi connectivity index (χ0) is 15.5. The first kappa shape index (κ1) is 15.9. The lowest BCUT2D eigenvalue weighted by atomic mass is 9.85. The van der Waals surface area contributed by atoms with Gasteiger partial charge in [0.05, 0.1) is 18.6 Å². The van der Waals surface area contributed by atoms with Crippen molar-refractivity contribution in [2.45, 2.75) is 71.6 Å². The van der Waals surface area contributed by atoms with E-state index in [1.165, 1.54) is 25.7 Å². The molecule has 5 nitrogen and oxygen atoms in total. The lowest BCUT2D eigenvalue weighted by Crippen LogP contribution is -2.33. The number of nitrogens with one attached hydrogen (secondary N) is 1. The third-order valence-corrected chi connectivity index (χ3v) is 3.98. The Morgan fingerprint density at radius 2 is 2.14 bits per heavy atom. The van der Waals surface area contributed by atoms with Crippen molar-refractivity contribution in [3.05, 3.63) is 18.2 Å². The Bertz CT molecular complexity index is 476. The van der Waals surface area contributed by atoms with E-state index >= 15 is 0 Å². The molecule has 2 atom stereocenters. The van der Waals surface area contributed by atoms with E-state index in [1.54, 1.807) is 0 Å². The van der Waals surface area contributed by atoms with Gasteiger partial charge >= 0.3 is 6.09 Å². The quantitative estimate of drug-likeness (QED) is 0.925. The summed E-state index contributed by atoms with van der Waals surface area (Å²) in [5.74, 6) is 0.660. The molecule has 21 heavy (non-hydrogen) atoms. The molecule has 1 aromatic heterocycles. The van der Waals surface area contributed by atoms with E-state index in [2.05, 4.69) is 21.8 Å². The number of rotatable bonds is 3. The number of alkyl carbamates (subject to hydrolysis) is 1. The highest BCUT2D eigenvalue weighted by Crippen LogP contribution is 2.34. The molecule has 1 N–H and O–H groups in total. The molecule has 1 aliphatic rings. The van der Waals surface area contributed by atoms with Gasteiger partial charge in [-0.25, -0.2) is 9.78 Å². The Hall–Kier alpha value is -1.52. The SMILES string of the molecule is CC1CCCCC1n1cncc1CNC(=O)OC(C)(C)C. The second-order valence-electron chi connectivity index (χ2n) is 6.98. The van der Waals surface area contributed by atoms with Crippen LogP contribution in [0.5, 0.6) is 0 Å². The van der Waals surface area contributed by atoms with Crippen LogP contribution >= 0.6 is 0 Å². The zero-order valence-corrected chi connectivity index (χ0v) is 13.6. The Labute approximate surface area is 127 Å². The summed E-state index contributed by atoms with van der Waals surface area (Å²) >= 11 is 0. The molecular weight excluding hydrogens is 266 g/mol. The molecule has 5 heteroatoms. The molecule has 1 fully saturated rings. The Kier molecular flexibility index (Phi) is 4.91. The fraction of sp³-hybridized carbons (Fsp3) is 0.750. The van der Waals surface area contributed by atoms with Gasteiger partial charge in [0.25, 0.3) is 0 Å². The summed E-state index contributed by atoms with van der Waals surface area (Å²) < 4.78 is 7.49. The van der Waals surface area contributed by atoms with Crippen molar-refractivity contribution in [1.82, 2.24) is 14.9 Å². The molecule has 1 aromatic rings. The van der Waals surface area contributed by atoms with Crippen LogP contribution in [0.25, 0.3) is 0 Å². The van der Waals surface area contributed by atoms with Gasteiger partial charge < -0.3 is 14.6 Å². The number of hydrogen-bond donors (Lipinski definition) is 1. The van der Waals surface area contributed by atoms with Crippen molar-refractivity contribution in [2.75, 3.05) is 0 Å². The number of aromatic nitrogens is 2. The second-order valence-corrected chi connectivity index (χ2v) is 6.98. The highest BCUT2D eigenvalue weighted by atomic mass is 16.6. The van der Waals surface area contributed by atoms with Gasteiger partial charge in [0.15, 0.2) is 0 Å². The Balaban J connectivity index is 1.96. The van der Waals surface area contributed by atoms with E-state index in [0.29, 0.717) is 18.5 Å². The van der Waals surface area contributed by atoms with E-state index in [9.17, 15) is 4.79 Å². The molecule has 0 radical (unpaired) electrons. The third kappa shape index (κ3) is 4.48. The van der Waals surface area contributed by atoms with E-state index in [1.807, 2.05) is 33.3 Å². The highest BCUT2D eigenvalue weighted by Gasteiger charge is 2.24. The molecule has 2 rings (SSSR count). The maximum atomic E-state index is 11.7. The second kappa shape index (κ2) is 6.50. The average Bonchev–Trinajstić information content (AvgIpc) is 2.83. The first-order chi connectivity index (χ1) is 9.87. The van der Waals surface area contributed by atoms with Gasteiger partial charge in [-0.3, -0.25) is 0 Å². The van der Waals surface area contributed by atoms with E-state index in [0.717, 1.165) is 5.69 Å². The first-order valence-corrected chi connectivity index (χ1v) is 7.84. The van der Waals surface area contributed by atoms with Crippen LogP contribution in [-0.4, -0.2) is 21.2 Å². The minimum atomic E-state index is -0.470. The van der Waals surface area contributed by atoms with Crippen molar-refractivity contribution < 1.29 is 9.53 Å². The maximum absolute atomic E-state index is 11.7. The lowest BCUT2D eigenvalue weighted by molar-refractivity contribution is 0.0521. The molecular formula is C16H27N3O2. The molecule has 0 aliphatic heterocycles. The molecule has 1 aliphatic carbocycles. The van der Waals surface area contributed by atoms with Crippen molar-refractivity contribution in [1.29, 1.82) is 0 Å². The van der Waals surface area contributed by atoms with E-state index in [4.69, 9.17) is 4.74 Å². The molecule has 0 bridgehead atoms. The van der Waals surface area contributed by atoms with Crippen LogP contribution in [0.1, 0.15) is 65.1 Å². The van der Waals surface area contributed by atoms with Crippen LogP contribution in [0.3, 0.4) is 0 Å². The lowest BCUT2D eigenvalue weighted by Gasteiger charge is -2.31. The Morgan fingerprint density at radius 3 is 2.81 bits per heavy atom. The number of ether oxygens (including phenoxy) is 1. The summed E-state index contributed by atoms with van der Waals surface area (Å²) in [6.45, 7) is 8.34. The van der Waals surface area contributed by atoms with E-state index in [-0.39, 0.29) is 6.09 Å². The standard InChI is InChI=1S/C16H27N3O2/c1-12-7-5-6-8-14(12)19-11-17-9-13(19)10-18-15(20)21-16(2,3)4/h9,11-12,14H,5-8,10H2,1-4H3,(H,18,20). The molecule has 0 spiro atoms. The number of hydrogen-bond acceptors (Lipinski definition) is 3. The summed E-state index contributed by atoms with van der Waals surface area (Å²) in [7, 11) is 0. The fourth-order valence-corrected chi connectivity index (χ4v) is 2.95. The number of carbonyl (C=O) groups is 1. The van der Waals surface area contributed by atoms with Gasteiger partial charge in [0, 0.05) is 12.2 Å². The zero-order valence-electron chi connectivity index (χ0n) is 13.6. The number of nitrogens with zero attached hydrogens (tertiary/aromatic N) is 2. The molecule has 0 aromatic carbocycles. The monoisotopic (exact) mass is 293 g/mol. The minimum absolute atomic E-state index is 0.382. The van der Waals surface area contributed by atoms with Crippen LogP contribution < -0.4 is 5.32 Å². The predicted molar refractivity (Wildman–Crippen MR) is 82.0 cm³/mol. The van der Waals surface area contributed by atoms with Crippen LogP contribution in [0.2, 0.25) is 0 Å². The van der Waals surface area contributed by atoms with Crippen LogP contribution in [0, 0.1) is 5.92 Å². The van der Waals surface area contributed by atoms with Crippen molar-refractivity contribution in [3.8, 4) is 0 Å². The summed E-state index contributed by atoms with van der Waals surface area (Å²) in [6.07, 6.45) is 8.38. The van der Waals surface area contributed by atoms with Crippen LogP contribution in [0.15, 0.2) is 12.5 Å². The van der Waals surface area contributed by atoms with Gasteiger partial charge in [-0.15, -0.1) is 0 Å². The average molecular weight is 293 g/mol. The summed E-state index contributed by atoms with van der Waals surface area (Å²) in [6, 6.07) is 0.497. The van der Waals surface area contributed by atoms with Crippen molar-refractivity contribution in [2.24, 2.45) is 5.92 Å². The number of carbonyl (C=O) groups excluding carboxylic acids is 1. The summed E-state index contributed by atoms with van der Waals surface area (Å²) in [5, 5.41) is 2.81. The minimum Gasteiger partial charge on any atom is -0.444 e. The van der Waals surface area contributed by atoms with Gasteiger partial charge in [-0.1, -0.05) is 19.8 Å². The Morgan fingerprint density at radius 1 is 1.43 bits per heavy atom. The molecule has 1 saturated carbocycles. The number of imidazole rings is 1. The fourth-order valence-electron chi connectivity index (χ4n) is 2.95. The third-order valence-electron chi connectivity index (χ3n) is 3.98. The van der Waals surface area contributed by atoms with E-state index < -0.39 is 5.60 Å². The molecule has 1 amide bonds. The molecule has 1 heterocycles. The van der Waals surface area contributed by atoms with Gasteiger partial charge in [-0.05, 0) is 39.5 Å². The van der Waals surface area contributed by atoms with Crippen molar-refractivity contribution >= 4 is 6.09 Å². The molecule has 118 valence electrons. The smallest absolute Gasteiger partial charge is 0.407 e. The van der Waals surface area contributed by atoms with Gasteiger partial charge in [0.1, 0.15) is 5.60 Å². The first-order valence-electron chi connectivity index (χ1n) is 7.84. The molecule has 0 saturated heterocycles. The van der Waals surface area contributed by atoms with Crippen LogP contribution in [0.4, 0.5) is 4.79 Å². The maximum Gasteiger partial charge on any atom is 0.407 e. The normalized spacial score (nSPS) is 22.9. The van der Waals surface area contributed by atoms with Gasteiger partial charge in [0.2, 0.25) is 0 Å². The summed E-state index contributed by atoms with van der Waals surface area (Å²) in [5.41, 5.74) is 0.571. The summed E-state index contributed by atoms with van der Waals surface area (Å²) in [4.78, 5) is 16.0. The largest absolute Gasteiger partial charge is 0.444 e. The predicted octanol–water partition coefficient (Wildman–Crippen LogP) is 3.66. The number of amides is 1. The molecule has 2 unspecified atom stereocenters. The van der Waals surface area contributed by atoms with Gasteiger partial charge in [-0.2, -0.15) is 0 Å². The highest BCUT2D eigenvalue weighted by molar-refractivity contribution is 5.67. The topological polar surface area (TPSA) is 56.2 Å². The van der Waals surface area contributed by atoms with Crippen molar-refractivity contribution in [3.63, 3.8) is 0 Å². The van der Waals surface area contributed by atoms with Crippen LogP contribution in [-0.2, 0) is 11.3 Å².